The minimum atomic E-state index is -2.69. The summed E-state index contributed by atoms with van der Waals surface area (Å²) < 4.78 is 9.43. The fourth-order valence-electron chi connectivity index (χ4n) is 6.38. The molecular weight excluding hydrogens is 569 g/mol. The first-order chi connectivity index (χ1) is 20.7. The maximum absolute atomic E-state index is 13.7. The van der Waals surface area contributed by atoms with E-state index in [4.69, 9.17) is 9.41 Å². The molecule has 0 bridgehead atoms. The van der Waals surface area contributed by atoms with Crippen LogP contribution >= 0.6 is 11.3 Å². The first kappa shape index (κ1) is 29.5. The molecule has 1 fully saturated rings. The first-order valence-corrected chi connectivity index (χ1v) is 17.7. The zero-order chi connectivity index (χ0) is 30.2. The first-order valence-electron chi connectivity index (χ1n) is 14.9. The van der Waals surface area contributed by atoms with E-state index in [9.17, 15) is 4.79 Å². The van der Waals surface area contributed by atoms with Crippen molar-refractivity contribution in [3.63, 3.8) is 0 Å². The van der Waals surface area contributed by atoms with Crippen molar-refractivity contribution in [3.8, 4) is 5.69 Å². The van der Waals surface area contributed by atoms with Gasteiger partial charge in [-0.2, -0.15) is 0 Å². The Bertz CT molecular complexity index is 1710. The molecule has 43 heavy (non-hydrogen) atoms. The topological polar surface area (TPSA) is 50.6 Å². The Hall–Kier alpha value is -3.56. The van der Waals surface area contributed by atoms with E-state index in [1.54, 1.807) is 10.9 Å². The van der Waals surface area contributed by atoms with Gasteiger partial charge in [-0.3, -0.25) is 9.36 Å². The lowest BCUT2D eigenvalue weighted by molar-refractivity contribution is 0.289. The van der Waals surface area contributed by atoms with Gasteiger partial charge in [-0.05, 0) is 66.3 Å². The van der Waals surface area contributed by atoms with Gasteiger partial charge < -0.3 is 14.2 Å². The monoisotopic (exact) mass is 608 g/mol. The summed E-state index contributed by atoms with van der Waals surface area (Å²) in [7, 11) is 1.60. The van der Waals surface area contributed by atoms with Crippen molar-refractivity contribution < 1.29 is 4.43 Å². The lowest BCUT2D eigenvalue weighted by atomic mass is 10.2. The zero-order valence-corrected chi connectivity index (χ0v) is 27.5. The van der Waals surface area contributed by atoms with E-state index >= 15 is 0 Å². The fourth-order valence-corrected chi connectivity index (χ4v) is 12.0. The van der Waals surface area contributed by atoms with E-state index in [1.807, 2.05) is 18.2 Å². The zero-order valence-electron chi connectivity index (χ0n) is 25.7. The molecule has 0 radical (unpaired) electrons. The highest BCUT2D eigenvalue weighted by molar-refractivity contribution is 7.18. The summed E-state index contributed by atoms with van der Waals surface area (Å²) in [5, 5.41) is 2.36. The Morgan fingerprint density at radius 1 is 0.930 bits per heavy atom. The van der Waals surface area contributed by atoms with Gasteiger partial charge in [0.15, 0.2) is 0 Å². The molecule has 5 aromatic rings. The fraction of sp³-hybridized carbons (Fsp3) is 0.314. The molecular formula is C35H40N4O2SSi. The number of thiophene rings is 1. The second kappa shape index (κ2) is 11.8. The molecule has 0 saturated carbocycles. The van der Waals surface area contributed by atoms with Gasteiger partial charge in [-0.15, -0.1) is 11.3 Å². The van der Waals surface area contributed by atoms with Crippen LogP contribution in [0.15, 0.2) is 102 Å². The number of likely N-dealkylation sites (N-methyl/N-ethyl adjacent to an activating group) is 1. The van der Waals surface area contributed by atoms with Crippen LogP contribution in [0.5, 0.6) is 0 Å². The Labute approximate surface area is 259 Å². The van der Waals surface area contributed by atoms with Crippen molar-refractivity contribution in [2.45, 2.75) is 44.9 Å². The summed E-state index contributed by atoms with van der Waals surface area (Å²) in [4.78, 5) is 24.1. The summed E-state index contributed by atoms with van der Waals surface area (Å²) in [6.07, 6.45) is 2.81. The Kier molecular flexibility index (Phi) is 8.13. The Morgan fingerprint density at radius 2 is 1.53 bits per heavy atom. The third-order valence-corrected chi connectivity index (χ3v) is 14.8. The van der Waals surface area contributed by atoms with Gasteiger partial charge in [0.05, 0.1) is 17.8 Å². The van der Waals surface area contributed by atoms with Crippen LogP contribution in [0, 0.1) is 0 Å². The standard InChI is InChI=1S/C35H40N4O2SSi/c1-35(2,3)43(30-12-8-6-9-13-30,31-14-10-7-11-15-31)41-24-29-22-32-33(42-29)34(40)39(25-36-32)27-18-16-26(17-19-27)38-21-20-28(23-38)37(4)5/h6-19,22,25,28H,20-21,23-24H2,1-5H3. The van der Waals surface area contributed by atoms with Crippen molar-refractivity contribution in [2.24, 2.45) is 0 Å². The average Bonchev–Trinajstić information content (AvgIpc) is 3.67. The van der Waals surface area contributed by atoms with Gasteiger partial charge >= 0.3 is 0 Å². The maximum Gasteiger partial charge on any atom is 0.275 e. The molecule has 3 aromatic carbocycles. The molecule has 0 amide bonds. The second-order valence-corrected chi connectivity index (χ2v) is 18.1. The molecule has 6 rings (SSSR count). The van der Waals surface area contributed by atoms with Gasteiger partial charge in [-0.1, -0.05) is 81.4 Å². The quantitative estimate of drug-likeness (QED) is 0.213. The number of benzene rings is 3. The Balaban J connectivity index is 1.29. The summed E-state index contributed by atoms with van der Waals surface area (Å²) in [6, 6.07) is 32.1. The number of anilines is 1. The molecule has 1 aliphatic heterocycles. The van der Waals surface area contributed by atoms with Crippen LogP contribution in [-0.4, -0.2) is 56.0 Å². The lowest BCUT2D eigenvalue weighted by Crippen LogP contribution is -2.66. The summed E-state index contributed by atoms with van der Waals surface area (Å²) >= 11 is 1.49. The van der Waals surface area contributed by atoms with Crippen molar-refractivity contribution in [3.05, 3.63) is 113 Å². The van der Waals surface area contributed by atoms with Gasteiger partial charge in [0.1, 0.15) is 11.0 Å². The van der Waals surface area contributed by atoms with Gasteiger partial charge in [-0.25, -0.2) is 4.98 Å². The predicted octanol–water partition coefficient (Wildman–Crippen LogP) is 5.66. The van der Waals surface area contributed by atoms with Crippen molar-refractivity contribution in [2.75, 3.05) is 32.1 Å². The van der Waals surface area contributed by atoms with E-state index in [0.29, 0.717) is 17.3 Å². The maximum atomic E-state index is 13.7. The number of aromatic nitrogens is 2. The Morgan fingerprint density at radius 3 is 2.09 bits per heavy atom. The van der Waals surface area contributed by atoms with Crippen LogP contribution in [0.25, 0.3) is 15.9 Å². The molecule has 3 heterocycles. The third-order valence-electron chi connectivity index (χ3n) is 8.72. The molecule has 1 atom stereocenters. The number of hydrogen-bond donors (Lipinski definition) is 0. The highest BCUT2D eigenvalue weighted by atomic mass is 32.1. The molecule has 2 aromatic heterocycles. The third kappa shape index (κ3) is 5.60. The smallest absolute Gasteiger partial charge is 0.275 e. The molecule has 1 aliphatic rings. The molecule has 1 unspecified atom stereocenters. The average molecular weight is 609 g/mol. The van der Waals surface area contributed by atoms with E-state index in [2.05, 4.69) is 117 Å². The van der Waals surface area contributed by atoms with Crippen molar-refractivity contribution in [1.29, 1.82) is 0 Å². The van der Waals surface area contributed by atoms with E-state index in [0.717, 1.165) is 35.6 Å². The molecule has 0 aliphatic carbocycles. The largest absolute Gasteiger partial charge is 0.402 e. The predicted molar refractivity (Wildman–Crippen MR) is 182 cm³/mol. The number of hydrogen-bond acceptors (Lipinski definition) is 6. The van der Waals surface area contributed by atoms with Crippen LogP contribution < -0.4 is 20.8 Å². The normalized spacial score (nSPS) is 16.0. The SMILES string of the molecule is CN(C)C1CCN(c2ccc(-n3cnc4cc(CO[Si](c5ccccc5)(c5ccccc5)C(C)(C)C)sc4c3=O)cc2)C1. The lowest BCUT2D eigenvalue weighted by Gasteiger charge is -2.43. The van der Waals surface area contributed by atoms with Gasteiger partial charge in [0, 0.05) is 29.7 Å². The minimum absolute atomic E-state index is 0.0479. The number of nitrogens with zero attached hydrogens (tertiary/aromatic N) is 4. The minimum Gasteiger partial charge on any atom is -0.402 e. The molecule has 0 spiro atoms. The van der Waals surface area contributed by atoms with Gasteiger partial charge in [0.25, 0.3) is 13.9 Å². The van der Waals surface area contributed by atoms with Crippen LogP contribution in [0.3, 0.4) is 0 Å². The molecule has 8 heteroatoms. The highest BCUT2D eigenvalue weighted by Crippen LogP contribution is 2.38. The number of fused-ring (bicyclic) bond motifs is 1. The van der Waals surface area contributed by atoms with E-state index in [-0.39, 0.29) is 10.6 Å². The van der Waals surface area contributed by atoms with Crippen molar-refractivity contribution in [1.82, 2.24) is 14.5 Å². The van der Waals surface area contributed by atoms with Crippen molar-refractivity contribution >= 4 is 45.9 Å². The molecule has 6 nitrogen and oxygen atoms in total. The van der Waals surface area contributed by atoms with Crippen LogP contribution in [0.2, 0.25) is 5.04 Å². The second-order valence-electron chi connectivity index (χ2n) is 12.7. The van der Waals surface area contributed by atoms with Crippen LogP contribution in [-0.2, 0) is 11.0 Å². The summed E-state index contributed by atoms with van der Waals surface area (Å²) in [6.45, 7) is 9.32. The summed E-state index contributed by atoms with van der Waals surface area (Å²) in [5.41, 5.74) is 2.68. The highest BCUT2D eigenvalue weighted by Gasteiger charge is 2.50. The van der Waals surface area contributed by atoms with E-state index in [1.165, 1.54) is 27.4 Å². The molecule has 1 saturated heterocycles. The van der Waals surface area contributed by atoms with E-state index < -0.39 is 8.32 Å². The van der Waals surface area contributed by atoms with Crippen LogP contribution in [0.1, 0.15) is 32.1 Å². The van der Waals surface area contributed by atoms with Gasteiger partial charge in [0.2, 0.25) is 0 Å². The number of rotatable bonds is 8. The summed E-state index contributed by atoms with van der Waals surface area (Å²) in [5.74, 6) is 0. The van der Waals surface area contributed by atoms with Crippen LogP contribution in [0.4, 0.5) is 5.69 Å². The molecule has 222 valence electrons. The molecule has 0 N–H and O–H groups in total.